The summed E-state index contributed by atoms with van der Waals surface area (Å²) in [4.78, 5) is 4.23. The fraction of sp³-hybridized carbons (Fsp3) is 0.250. The highest BCUT2D eigenvalue weighted by Crippen LogP contribution is 2.19. The summed E-state index contributed by atoms with van der Waals surface area (Å²) in [6.45, 7) is 2.26. The second-order valence-electron chi connectivity index (χ2n) is 4.92. The van der Waals surface area contributed by atoms with Crippen molar-refractivity contribution in [3.8, 4) is 6.07 Å². The van der Waals surface area contributed by atoms with E-state index in [1.807, 2.05) is 19.1 Å². The van der Waals surface area contributed by atoms with Gasteiger partial charge in [-0.25, -0.2) is 8.42 Å². The minimum Gasteiger partial charge on any atom is -0.264 e. The van der Waals surface area contributed by atoms with Crippen molar-refractivity contribution in [2.75, 3.05) is 6.54 Å². The number of sulfonamides is 1. The Hall–Kier alpha value is -2.23. The lowest BCUT2D eigenvalue weighted by molar-refractivity contribution is 0.413. The highest BCUT2D eigenvalue weighted by molar-refractivity contribution is 7.89. The molecule has 0 unspecified atom stereocenters. The van der Waals surface area contributed by atoms with Crippen LogP contribution in [0.3, 0.4) is 0 Å². The van der Waals surface area contributed by atoms with Crippen molar-refractivity contribution in [1.29, 1.82) is 5.26 Å². The molecule has 0 radical (unpaired) electrons. The van der Waals surface area contributed by atoms with Gasteiger partial charge in [-0.2, -0.15) is 9.57 Å². The summed E-state index contributed by atoms with van der Waals surface area (Å²) < 4.78 is 26.8. The van der Waals surface area contributed by atoms with Gasteiger partial charge in [0.1, 0.15) is 0 Å². The zero-order valence-corrected chi connectivity index (χ0v) is 13.1. The Morgan fingerprint density at radius 1 is 1.23 bits per heavy atom. The molecule has 0 saturated heterocycles. The van der Waals surface area contributed by atoms with Crippen molar-refractivity contribution in [2.45, 2.75) is 24.8 Å². The standard InChI is InChI=1S/C16H17N3O2S/c1-14-5-7-16(8-6-14)22(20,21)19(11-3-9-17)13-15-4-2-10-18-12-15/h2,4-8,10,12H,3,11,13H2,1H3. The molecule has 2 rings (SSSR count). The van der Waals surface area contributed by atoms with Crippen LogP contribution < -0.4 is 0 Å². The van der Waals surface area contributed by atoms with Gasteiger partial charge in [-0.1, -0.05) is 23.8 Å². The first-order valence-electron chi connectivity index (χ1n) is 6.86. The normalized spacial score (nSPS) is 11.3. The fourth-order valence-electron chi connectivity index (χ4n) is 2.01. The van der Waals surface area contributed by atoms with E-state index in [9.17, 15) is 8.42 Å². The predicted octanol–water partition coefficient (Wildman–Crippen LogP) is 2.49. The van der Waals surface area contributed by atoms with Crippen LogP contribution >= 0.6 is 0 Å². The molecular formula is C16H17N3O2S. The Balaban J connectivity index is 2.31. The van der Waals surface area contributed by atoms with Crippen LogP contribution in [-0.4, -0.2) is 24.3 Å². The number of benzene rings is 1. The number of rotatable bonds is 6. The average molecular weight is 315 g/mol. The number of nitrogens with zero attached hydrogens (tertiary/aromatic N) is 3. The van der Waals surface area contributed by atoms with Crippen molar-refractivity contribution in [1.82, 2.24) is 9.29 Å². The first-order chi connectivity index (χ1) is 10.5. The molecule has 0 atom stereocenters. The van der Waals surface area contributed by atoms with E-state index in [0.717, 1.165) is 11.1 Å². The SMILES string of the molecule is Cc1ccc(S(=O)(=O)N(CCC#N)Cc2cccnc2)cc1. The Kier molecular flexibility index (Phi) is 5.26. The quantitative estimate of drug-likeness (QED) is 0.821. The van der Waals surface area contributed by atoms with Gasteiger partial charge in [0.05, 0.1) is 11.0 Å². The lowest BCUT2D eigenvalue weighted by Gasteiger charge is -2.21. The van der Waals surface area contributed by atoms with Crippen LogP contribution in [0.1, 0.15) is 17.5 Å². The number of pyridine rings is 1. The van der Waals surface area contributed by atoms with Crippen molar-refractivity contribution in [3.05, 3.63) is 59.9 Å². The molecule has 0 amide bonds. The van der Waals surface area contributed by atoms with Gasteiger partial charge in [-0.15, -0.1) is 0 Å². The van der Waals surface area contributed by atoms with E-state index in [2.05, 4.69) is 4.98 Å². The van der Waals surface area contributed by atoms with E-state index < -0.39 is 10.0 Å². The molecule has 0 saturated carbocycles. The topological polar surface area (TPSA) is 74.1 Å². The first kappa shape index (κ1) is 16.1. The zero-order chi connectivity index (χ0) is 16.0. The van der Waals surface area contributed by atoms with Gasteiger partial charge in [-0.3, -0.25) is 4.98 Å². The van der Waals surface area contributed by atoms with Crippen LogP contribution in [0.15, 0.2) is 53.7 Å². The lowest BCUT2D eigenvalue weighted by atomic mass is 10.2. The number of nitriles is 1. The third-order valence-electron chi connectivity index (χ3n) is 3.21. The number of aromatic nitrogens is 1. The predicted molar refractivity (Wildman–Crippen MR) is 83.2 cm³/mol. The molecule has 0 fully saturated rings. The summed E-state index contributed by atoms with van der Waals surface area (Å²) in [5.74, 6) is 0. The molecule has 1 aromatic carbocycles. The second-order valence-corrected chi connectivity index (χ2v) is 6.86. The fourth-order valence-corrected chi connectivity index (χ4v) is 3.44. The summed E-state index contributed by atoms with van der Waals surface area (Å²) in [7, 11) is -3.63. The van der Waals surface area contributed by atoms with Gasteiger partial charge in [0.15, 0.2) is 0 Å². The van der Waals surface area contributed by atoms with Crippen LogP contribution in [-0.2, 0) is 16.6 Å². The van der Waals surface area contributed by atoms with Gasteiger partial charge >= 0.3 is 0 Å². The summed E-state index contributed by atoms with van der Waals surface area (Å²) in [6.07, 6.45) is 3.41. The first-order valence-corrected chi connectivity index (χ1v) is 8.31. The number of hydrogen-bond donors (Lipinski definition) is 0. The maximum absolute atomic E-state index is 12.7. The molecule has 0 bridgehead atoms. The van der Waals surface area contributed by atoms with Gasteiger partial charge in [0.25, 0.3) is 0 Å². The van der Waals surface area contributed by atoms with E-state index in [4.69, 9.17) is 5.26 Å². The van der Waals surface area contributed by atoms with Crippen LogP contribution in [0.2, 0.25) is 0 Å². The van der Waals surface area contributed by atoms with Gasteiger partial charge in [-0.05, 0) is 30.7 Å². The molecule has 22 heavy (non-hydrogen) atoms. The summed E-state index contributed by atoms with van der Waals surface area (Å²) in [5.41, 5.74) is 1.78. The molecule has 0 N–H and O–H groups in total. The molecule has 1 heterocycles. The highest BCUT2D eigenvalue weighted by atomic mass is 32.2. The monoisotopic (exact) mass is 315 g/mol. The molecule has 2 aromatic rings. The van der Waals surface area contributed by atoms with Crippen molar-refractivity contribution < 1.29 is 8.42 Å². The average Bonchev–Trinajstić information content (AvgIpc) is 2.52. The summed E-state index contributed by atoms with van der Waals surface area (Å²) in [6, 6.07) is 12.3. The van der Waals surface area contributed by atoms with Gasteiger partial charge < -0.3 is 0 Å². The minimum absolute atomic E-state index is 0.144. The molecule has 1 aromatic heterocycles. The maximum Gasteiger partial charge on any atom is 0.243 e. The van der Waals surface area contributed by atoms with E-state index in [1.54, 1.807) is 42.7 Å². The number of aryl methyl sites for hydroxylation is 1. The number of hydrogen-bond acceptors (Lipinski definition) is 4. The highest BCUT2D eigenvalue weighted by Gasteiger charge is 2.24. The van der Waals surface area contributed by atoms with Crippen LogP contribution in [0.25, 0.3) is 0 Å². The molecule has 0 aliphatic heterocycles. The lowest BCUT2D eigenvalue weighted by Crippen LogP contribution is -2.31. The second kappa shape index (κ2) is 7.16. The van der Waals surface area contributed by atoms with Crippen molar-refractivity contribution in [2.24, 2.45) is 0 Å². The van der Waals surface area contributed by atoms with E-state index >= 15 is 0 Å². The third kappa shape index (κ3) is 3.91. The van der Waals surface area contributed by atoms with Crippen LogP contribution in [0.4, 0.5) is 0 Å². The molecule has 0 spiro atoms. The largest absolute Gasteiger partial charge is 0.264 e. The summed E-state index contributed by atoms with van der Waals surface area (Å²) in [5, 5.41) is 8.77. The van der Waals surface area contributed by atoms with Crippen LogP contribution in [0.5, 0.6) is 0 Å². The third-order valence-corrected chi connectivity index (χ3v) is 5.07. The van der Waals surface area contributed by atoms with Crippen molar-refractivity contribution in [3.63, 3.8) is 0 Å². The zero-order valence-electron chi connectivity index (χ0n) is 12.3. The Morgan fingerprint density at radius 3 is 2.55 bits per heavy atom. The van der Waals surface area contributed by atoms with Crippen molar-refractivity contribution >= 4 is 10.0 Å². The minimum atomic E-state index is -3.63. The van der Waals surface area contributed by atoms with E-state index in [0.29, 0.717) is 0 Å². The van der Waals surface area contributed by atoms with Crippen LogP contribution in [0, 0.1) is 18.3 Å². The molecular weight excluding hydrogens is 298 g/mol. The molecule has 5 nitrogen and oxygen atoms in total. The maximum atomic E-state index is 12.7. The smallest absolute Gasteiger partial charge is 0.243 e. The Bertz CT molecular complexity index is 750. The van der Waals surface area contributed by atoms with E-state index in [1.165, 1.54) is 4.31 Å². The van der Waals surface area contributed by atoms with Gasteiger partial charge in [0, 0.05) is 31.9 Å². The Labute approximate surface area is 130 Å². The molecule has 0 aliphatic carbocycles. The molecule has 6 heteroatoms. The van der Waals surface area contributed by atoms with E-state index in [-0.39, 0.29) is 24.4 Å². The van der Waals surface area contributed by atoms with Gasteiger partial charge in [0.2, 0.25) is 10.0 Å². The molecule has 114 valence electrons. The molecule has 0 aliphatic rings. The summed E-state index contributed by atoms with van der Waals surface area (Å²) >= 11 is 0. The Morgan fingerprint density at radius 2 is 1.95 bits per heavy atom.